The van der Waals surface area contributed by atoms with E-state index in [2.05, 4.69) is 0 Å². The van der Waals surface area contributed by atoms with Crippen LogP contribution in [0, 0.1) is 0 Å². The number of aliphatic hydroxyl groups is 1. The average molecular weight is 254 g/mol. The summed E-state index contributed by atoms with van der Waals surface area (Å²) in [4.78, 5) is 11.8. The third-order valence-electron chi connectivity index (χ3n) is 2.86. The third-order valence-corrected chi connectivity index (χ3v) is 2.86. The van der Waals surface area contributed by atoms with Gasteiger partial charge in [0.2, 0.25) is 0 Å². The number of carbonyl (C=O) groups excluding carboxylic acids is 1. The van der Waals surface area contributed by atoms with Gasteiger partial charge in [-0.3, -0.25) is 0 Å². The maximum atomic E-state index is 12.7. The molecule has 1 fully saturated rings. The van der Waals surface area contributed by atoms with Gasteiger partial charge >= 0.3 is 5.97 Å². The molecule has 1 aromatic rings. The Morgan fingerprint density at radius 3 is 2.78 bits per heavy atom. The molecule has 0 saturated carbocycles. The topological polar surface area (TPSA) is 55.8 Å². The van der Waals surface area contributed by atoms with Crippen LogP contribution in [-0.2, 0) is 9.47 Å². The Labute approximate surface area is 104 Å². The molecule has 18 heavy (non-hydrogen) atoms. The van der Waals surface area contributed by atoms with Crippen LogP contribution in [0.15, 0.2) is 30.3 Å². The van der Waals surface area contributed by atoms with Crippen molar-refractivity contribution < 1.29 is 23.8 Å². The minimum absolute atomic E-state index is 0.337. The Bertz CT molecular complexity index is 395. The number of benzene rings is 1. The van der Waals surface area contributed by atoms with E-state index in [0.717, 1.165) is 0 Å². The summed E-state index contributed by atoms with van der Waals surface area (Å²) in [5.74, 6) is -0.501. The summed E-state index contributed by atoms with van der Waals surface area (Å²) in [5.41, 5.74) is 0.418. The van der Waals surface area contributed by atoms with Gasteiger partial charge in [-0.2, -0.15) is 0 Å². The van der Waals surface area contributed by atoms with Gasteiger partial charge in [0.15, 0.2) is 6.29 Å². The number of alkyl halides is 1. The number of hydrogen-bond acceptors (Lipinski definition) is 4. The first-order valence-electron chi connectivity index (χ1n) is 5.86. The van der Waals surface area contributed by atoms with Gasteiger partial charge in [0.1, 0.15) is 18.9 Å². The van der Waals surface area contributed by atoms with E-state index in [1.54, 1.807) is 30.3 Å². The van der Waals surface area contributed by atoms with E-state index in [1.165, 1.54) is 0 Å². The van der Waals surface area contributed by atoms with Gasteiger partial charge in [-0.25, -0.2) is 9.18 Å². The average Bonchev–Trinajstić information content (AvgIpc) is 2.41. The molecule has 1 N–H and O–H groups in total. The fourth-order valence-corrected chi connectivity index (χ4v) is 1.90. The molecule has 0 radical (unpaired) electrons. The van der Waals surface area contributed by atoms with Gasteiger partial charge in [-0.1, -0.05) is 18.2 Å². The molecule has 1 heterocycles. The summed E-state index contributed by atoms with van der Waals surface area (Å²) in [7, 11) is 0. The highest BCUT2D eigenvalue weighted by atomic mass is 19.1. The minimum atomic E-state index is -0.975. The molecule has 0 aromatic heterocycles. The molecule has 0 unspecified atom stereocenters. The molecule has 4 nitrogen and oxygen atoms in total. The zero-order chi connectivity index (χ0) is 13.0. The zero-order valence-corrected chi connectivity index (χ0v) is 9.79. The molecule has 1 aliphatic rings. The molecule has 1 saturated heterocycles. The molecule has 0 bridgehead atoms. The van der Waals surface area contributed by atoms with Crippen molar-refractivity contribution in [1.29, 1.82) is 0 Å². The van der Waals surface area contributed by atoms with Gasteiger partial charge in [-0.15, -0.1) is 0 Å². The zero-order valence-electron chi connectivity index (χ0n) is 9.79. The van der Waals surface area contributed by atoms with Crippen molar-refractivity contribution in [3.05, 3.63) is 35.9 Å². The number of rotatable bonds is 3. The van der Waals surface area contributed by atoms with Crippen molar-refractivity contribution >= 4 is 5.97 Å². The second kappa shape index (κ2) is 5.93. The van der Waals surface area contributed by atoms with E-state index in [0.29, 0.717) is 18.4 Å². The van der Waals surface area contributed by atoms with Crippen LogP contribution in [0.4, 0.5) is 4.39 Å². The highest BCUT2D eigenvalue weighted by Crippen LogP contribution is 2.22. The van der Waals surface area contributed by atoms with Crippen LogP contribution in [0.5, 0.6) is 0 Å². The Kier molecular flexibility index (Phi) is 4.28. The highest BCUT2D eigenvalue weighted by molar-refractivity contribution is 5.89. The third kappa shape index (κ3) is 3.05. The molecule has 5 heteroatoms. The highest BCUT2D eigenvalue weighted by Gasteiger charge is 2.33. The maximum Gasteiger partial charge on any atom is 0.338 e. The summed E-state index contributed by atoms with van der Waals surface area (Å²) in [6, 6.07) is 8.51. The second-order valence-electron chi connectivity index (χ2n) is 4.17. The van der Waals surface area contributed by atoms with E-state index < -0.39 is 31.1 Å². The first-order chi connectivity index (χ1) is 8.70. The molecular weight excluding hydrogens is 239 g/mol. The van der Waals surface area contributed by atoms with Crippen molar-refractivity contribution in [2.24, 2.45) is 0 Å². The van der Waals surface area contributed by atoms with Crippen LogP contribution in [0.2, 0.25) is 0 Å². The molecule has 98 valence electrons. The number of esters is 1. The van der Waals surface area contributed by atoms with Gasteiger partial charge < -0.3 is 14.6 Å². The van der Waals surface area contributed by atoms with Crippen LogP contribution in [0.1, 0.15) is 23.2 Å². The molecule has 0 spiro atoms. The fourth-order valence-electron chi connectivity index (χ4n) is 1.90. The lowest BCUT2D eigenvalue weighted by atomic mass is 10.1. The number of carbonyl (C=O) groups is 1. The Balaban J connectivity index is 1.98. The van der Waals surface area contributed by atoms with E-state index >= 15 is 0 Å². The summed E-state index contributed by atoms with van der Waals surface area (Å²) in [6.45, 7) is -0.788. The van der Waals surface area contributed by atoms with Gasteiger partial charge in [0.05, 0.1) is 5.56 Å². The van der Waals surface area contributed by atoms with Gasteiger partial charge in [-0.05, 0) is 18.6 Å². The van der Waals surface area contributed by atoms with Gasteiger partial charge in [0, 0.05) is 6.42 Å². The second-order valence-corrected chi connectivity index (χ2v) is 4.17. The summed E-state index contributed by atoms with van der Waals surface area (Å²) in [5, 5.41) is 9.25. The predicted molar refractivity (Wildman–Crippen MR) is 61.7 cm³/mol. The Hall–Kier alpha value is -1.46. The minimum Gasteiger partial charge on any atom is -0.456 e. The predicted octanol–water partition coefficient (Wildman–Crippen LogP) is 1.68. The van der Waals surface area contributed by atoms with Crippen molar-refractivity contribution in [1.82, 2.24) is 0 Å². The van der Waals surface area contributed by atoms with Crippen LogP contribution in [-0.4, -0.2) is 36.2 Å². The fraction of sp³-hybridized carbons (Fsp3) is 0.462. The monoisotopic (exact) mass is 254 g/mol. The van der Waals surface area contributed by atoms with E-state index in [1.807, 2.05) is 0 Å². The lowest BCUT2D eigenvalue weighted by Crippen LogP contribution is -2.42. The largest absolute Gasteiger partial charge is 0.456 e. The van der Waals surface area contributed by atoms with Crippen LogP contribution < -0.4 is 0 Å². The van der Waals surface area contributed by atoms with E-state index in [-0.39, 0.29) is 0 Å². The lowest BCUT2D eigenvalue weighted by molar-refractivity contribution is -0.202. The molecule has 1 aliphatic heterocycles. The standard InChI is InChI=1S/C13H15FO4/c14-8-11-10(6-7-12(15)17-11)18-13(16)9-4-2-1-3-5-9/h1-5,10-12,15H,6-8H2/t10-,11-,12-/m0/s1. The Morgan fingerprint density at radius 2 is 2.11 bits per heavy atom. The molecule has 2 rings (SSSR count). The first kappa shape index (κ1) is 13.0. The smallest absolute Gasteiger partial charge is 0.338 e. The number of aliphatic hydroxyl groups excluding tert-OH is 1. The summed E-state index contributed by atoms with van der Waals surface area (Å²) < 4.78 is 22.9. The van der Waals surface area contributed by atoms with Gasteiger partial charge in [0.25, 0.3) is 0 Å². The molecule has 1 aromatic carbocycles. The summed E-state index contributed by atoms with van der Waals surface area (Å²) in [6.07, 6.45) is -1.78. The van der Waals surface area contributed by atoms with Crippen molar-refractivity contribution in [2.75, 3.05) is 6.67 Å². The SMILES string of the molecule is O=C(O[C@H]1CC[C@@H](O)O[C@H]1CF)c1ccccc1. The van der Waals surface area contributed by atoms with E-state index in [4.69, 9.17) is 9.47 Å². The van der Waals surface area contributed by atoms with Crippen molar-refractivity contribution in [2.45, 2.75) is 31.3 Å². The normalized spacial score (nSPS) is 27.8. The molecule has 0 amide bonds. The molecular formula is C13H15FO4. The summed E-state index contributed by atoms with van der Waals surface area (Å²) >= 11 is 0. The van der Waals surface area contributed by atoms with Crippen LogP contribution >= 0.6 is 0 Å². The van der Waals surface area contributed by atoms with E-state index in [9.17, 15) is 14.3 Å². The van der Waals surface area contributed by atoms with Crippen molar-refractivity contribution in [3.63, 3.8) is 0 Å². The van der Waals surface area contributed by atoms with Crippen LogP contribution in [0.3, 0.4) is 0 Å². The van der Waals surface area contributed by atoms with Crippen LogP contribution in [0.25, 0.3) is 0 Å². The number of ether oxygens (including phenoxy) is 2. The van der Waals surface area contributed by atoms with Crippen molar-refractivity contribution in [3.8, 4) is 0 Å². The molecule has 3 atom stereocenters. The Morgan fingerprint density at radius 1 is 1.39 bits per heavy atom. The number of halogens is 1. The molecule has 0 aliphatic carbocycles. The first-order valence-corrected chi connectivity index (χ1v) is 5.86. The lowest BCUT2D eigenvalue weighted by Gasteiger charge is -2.32. The quantitative estimate of drug-likeness (QED) is 0.834. The number of hydrogen-bond donors (Lipinski definition) is 1. The maximum absolute atomic E-state index is 12.7.